The van der Waals surface area contributed by atoms with E-state index in [4.69, 9.17) is 9.47 Å². The van der Waals surface area contributed by atoms with Crippen molar-refractivity contribution in [1.29, 1.82) is 0 Å². The molecule has 2 N–H and O–H groups in total. The zero-order valence-electron chi connectivity index (χ0n) is 15.6. The lowest BCUT2D eigenvalue weighted by Gasteiger charge is -2.24. The molecule has 26 heavy (non-hydrogen) atoms. The average Bonchev–Trinajstić information content (AvgIpc) is 3.02. The Labute approximate surface area is 153 Å². The molecule has 0 saturated carbocycles. The molecule has 2 rings (SSSR count). The van der Waals surface area contributed by atoms with E-state index in [1.807, 2.05) is 45.0 Å². The van der Waals surface area contributed by atoms with Crippen LogP contribution in [0.25, 0.3) is 0 Å². The maximum absolute atomic E-state index is 12.3. The van der Waals surface area contributed by atoms with Crippen LogP contribution in [-0.4, -0.2) is 45.5 Å². The Balaban J connectivity index is 2.22. The minimum atomic E-state index is -0.599. The first kappa shape index (κ1) is 19.7. The zero-order valence-corrected chi connectivity index (χ0v) is 15.6. The highest BCUT2D eigenvalue weighted by atomic mass is 16.6. The van der Waals surface area contributed by atoms with Crippen LogP contribution in [0.5, 0.6) is 5.75 Å². The van der Waals surface area contributed by atoms with Crippen molar-refractivity contribution in [3.63, 3.8) is 0 Å². The Morgan fingerprint density at radius 3 is 2.58 bits per heavy atom. The predicted molar refractivity (Wildman–Crippen MR) is 95.9 cm³/mol. The summed E-state index contributed by atoms with van der Waals surface area (Å²) in [6, 6.07) is 7.19. The van der Waals surface area contributed by atoms with Crippen LogP contribution in [-0.2, 0) is 17.7 Å². The van der Waals surface area contributed by atoms with Gasteiger partial charge in [0.1, 0.15) is 11.4 Å². The van der Waals surface area contributed by atoms with Gasteiger partial charge in [-0.1, -0.05) is 17.3 Å². The molecule has 0 aliphatic rings. The highest BCUT2D eigenvalue weighted by Crippen LogP contribution is 2.21. The second kappa shape index (κ2) is 8.66. The molecule has 0 aliphatic carbocycles. The molecule has 1 heterocycles. The van der Waals surface area contributed by atoms with Gasteiger partial charge in [-0.25, -0.2) is 9.48 Å². The second-order valence-corrected chi connectivity index (χ2v) is 6.86. The summed E-state index contributed by atoms with van der Waals surface area (Å²) in [6.45, 7) is 5.65. The van der Waals surface area contributed by atoms with Crippen molar-refractivity contribution in [2.45, 2.75) is 45.4 Å². The van der Waals surface area contributed by atoms with Crippen LogP contribution in [0.1, 0.15) is 38.1 Å². The van der Waals surface area contributed by atoms with Crippen LogP contribution in [0.15, 0.2) is 30.5 Å². The van der Waals surface area contributed by atoms with Gasteiger partial charge in [0, 0.05) is 0 Å². The van der Waals surface area contributed by atoms with Gasteiger partial charge in [0.25, 0.3) is 0 Å². The minimum Gasteiger partial charge on any atom is -0.497 e. The van der Waals surface area contributed by atoms with Gasteiger partial charge in [-0.2, -0.15) is 0 Å². The van der Waals surface area contributed by atoms with Crippen molar-refractivity contribution >= 4 is 6.09 Å². The number of alkyl carbamates (subject to hydrolysis) is 1. The Morgan fingerprint density at radius 2 is 2.00 bits per heavy atom. The molecule has 2 aromatic rings. The van der Waals surface area contributed by atoms with Gasteiger partial charge in [-0.15, -0.1) is 5.10 Å². The third kappa shape index (κ3) is 5.73. The number of hydrogen-bond donors (Lipinski definition) is 2. The molecule has 0 bridgehead atoms. The quantitative estimate of drug-likeness (QED) is 0.782. The number of benzene rings is 1. The van der Waals surface area contributed by atoms with Crippen LogP contribution in [0.3, 0.4) is 0 Å². The molecule has 0 saturated heterocycles. The Kier molecular flexibility index (Phi) is 6.57. The summed E-state index contributed by atoms with van der Waals surface area (Å²) in [6.07, 6.45) is 1.58. The minimum absolute atomic E-state index is 0.0714. The van der Waals surface area contributed by atoms with E-state index >= 15 is 0 Å². The van der Waals surface area contributed by atoms with Crippen LogP contribution in [0, 0.1) is 0 Å². The summed E-state index contributed by atoms with van der Waals surface area (Å²) in [5, 5.41) is 20.0. The summed E-state index contributed by atoms with van der Waals surface area (Å²) < 4.78 is 12.1. The lowest BCUT2D eigenvalue weighted by molar-refractivity contribution is 0.0501. The first-order chi connectivity index (χ1) is 12.3. The number of aromatic nitrogens is 3. The average molecular weight is 362 g/mol. The number of amides is 1. The molecular weight excluding hydrogens is 336 g/mol. The molecule has 8 heteroatoms. The monoisotopic (exact) mass is 362 g/mol. The molecular formula is C18H26N4O4. The fourth-order valence-corrected chi connectivity index (χ4v) is 2.48. The van der Waals surface area contributed by atoms with Gasteiger partial charge in [-0.05, 0) is 44.9 Å². The molecule has 142 valence electrons. The molecule has 1 aromatic heterocycles. The van der Waals surface area contributed by atoms with Crippen LogP contribution >= 0.6 is 0 Å². The van der Waals surface area contributed by atoms with E-state index in [2.05, 4.69) is 15.6 Å². The van der Waals surface area contributed by atoms with E-state index in [1.165, 1.54) is 0 Å². The number of carbonyl (C=O) groups excluding carboxylic acids is 1. The van der Waals surface area contributed by atoms with Gasteiger partial charge < -0.3 is 19.9 Å². The number of methoxy groups -OCH3 is 1. The number of aliphatic hydroxyl groups is 1. The molecule has 8 nitrogen and oxygen atoms in total. The molecule has 1 amide bonds. The van der Waals surface area contributed by atoms with Gasteiger partial charge in [0.05, 0.1) is 38.2 Å². The van der Waals surface area contributed by atoms with Crippen molar-refractivity contribution in [2.75, 3.05) is 13.7 Å². The molecule has 1 atom stereocenters. The maximum atomic E-state index is 12.3. The zero-order chi connectivity index (χ0) is 19.2. The number of hydrogen-bond acceptors (Lipinski definition) is 6. The number of rotatable bonds is 7. The standard InChI is InChI=1S/C18H26N4O4/c1-18(2,3)26-17(24)20-15(16-12-19-21-22(16)9-10-23)11-13-5-7-14(25-4)8-6-13/h5-8,12,15,23H,9-11H2,1-4H3,(H,20,24). The van der Waals surface area contributed by atoms with Crippen molar-refractivity contribution in [1.82, 2.24) is 20.3 Å². The molecule has 0 aliphatic heterocycles. The van der Waals surface area contributed by atoms with E-state index in [0.29, 0.717) is 18.7 Å². The highest BCUT2D eigenvalue weighted by molar-refractivity contribution is 5.68. The second-order valence-electron chi connectivity index (χ2n) is 6.86. The van der Waals surface area contributed by atoms with Crippen molar-refractivity contribution in [3.8, 4) is 5.75 Å². The van der Waals surface area contributed by atoms with Crippen molar-refractivity contribution in [2.24, 2.45) is 0 Å². The third-order valence-corrected chi connectivity index (χ3v) is 3.61. The van der Waals surface area contributed by atoms with Gasteiger partial charge in [-0.3, -0.25) is 0 Å². The molecule has 0 radical (unpaired) electrons. The number of aliphatic hydroxyl groups excluding tert-OH is 1. The Bertz CT molecular complexity index is 707. The summed E-state index contributed by atoms with van der Waals surface area (Å²) in [4.78, 5) is 12.3. The number of nitrogens with one attached hydrogen (secondary N) is 1. The predicted octanol–water partition coefficient (Wildman–Crippen LogP) is 2.09. The van der Waals surface area contributed by atoms with Crippen molar-refractivity contribution < 1.29 is 19.4 Å². The van der Waals surface area contributed by atoms with Crippen LogP contribution < -0.4 is 10.1 Å². The van der Waals surface area contributed by atoms with E-state index in [0.717, 1.165) is 11.3 Å². The number of nitrogens with zero attached hydrogens (tertiary/aromatic N) is 3. The summed E-state index contributed by atoms with van der Waals surface area (Å²) in [5.74, 6) is 0.761. The normalized spacial score (nSPS) is 12.5. The fraction of sp³-hybridized carbons (Fsp3) is 0.500. The van der Waals surface area contributed by atoms with E-state index in [1.54, 1.807) is 18.0 Å². The molecule has 1 aromatic carbocycles. The Morgan fingerprint density at radius 1 is 1.31 bits per heavy atom. The van der Waals surface area contributed by atoms with Crippen LogP contribution in [0.2, 0.25) is 0 Å². The van der Waals surface area contributed by atoms with Gasteiger partial charge in [0.2, 0.25) is 0 Å². The molecule has 0 fully saturated rings. The summed E-state index contributed by atoms with van der Waals surface area (Å²) in [7, 11) is 1.61. The third-order valence-electron chi connectivity index (χ3n) is 3.61. The summed E-state index contributed by atoms with van der Waals surface area (Å²) >= 11 is 0. The van der Waals surface area contributed by atoms with Crippen LogP contribution in [0.4, 0.5) is 4.79 Å². The Hall–Kier alpha value is -2.61. The topological polar surface area (TPSA) is 98.5 Å². The number of carbonyl (C=O) groups is 1. The first-order valence-electron chi connectivity index (χ1n) is 8.44. The fourth-order valence-electron chi connectivity index (χ4n) is 2.48. The molecule has 0 spiro atoms. The number of ether oxygens (including phenoxy) is 2. The first-order valence-corrected chi connectivity index (χ1v) is 8.44. The smallest absolute Gasteiger partial charge is 0.408 e. The highest BCUT2D eigenvalue weighted by Gasteiger charge is 2.23. The van der Waals surface area contributed by atoms with E-state index < -0.39 is 17.7 Å². The lowest BCUT2D eigenvalue weighted by Crippen LogP contribution is -2.36. The molecule has 1 unspecified atom stereocenters. The maximum Gasteiger partial charge on any atom is 0.408 e. The van der Waals surface area contributed by atoms with Gasteiger partial charge in [0.15, 0.2) is 0 Å². The SMILES string of the molecule is COc1ccc(CC(NC(=O)OC(C)(C)C)c2cnnn2CCO)cc1. The van der Waals surface area contributed by atoms with E-state index in [9.17, 15) is 9.90 Å². The van der Waals surface area contributed by atoms with E-state index in [-0.39, 0.29) is 6.61 Å². The van der Waals surface area contributed by atoms with Gasteiger partial charge >= 0.3 is 6.09 Å². The lowest BCUT2D eigenvalue weighted by atomic mass is 10.0. The van der Waals surface area contributed by atoms with Crippen molar-refractivity contribution in [3.05, 3.63) is 41.7 Å². The largest absolute Gasteiger partial charge is 0.497 e. The summed E-state index contributed by atoms with van der Waals surface area (Å²) in [5.41, 5.74) is 1.10.